The fourth-order valence-corrected chi connectivity index (χ4v) is 4.76. The van der Waals surface area contributed by atoms with Crippen LogP contribution in [0, 0.1) is 17.8 Å². The monoisotopic (exact) mass is 399 g/mol. The van der Waals surface area contributed by atoms with Crippen LogP contribution in [0.2, 0.25) is 0 Å². The number of fused-ring (bicyclic) bond motifs is 1. The SMILES string of the molecule is CN(C)CCCCCC1=C[C@H]2C[C@@H](O)[C@H](/C=C/[C@@H](O)COc3ccccc3)[C@H]2C1. The number of para-hydroxylation sites is 1. The van der Waals surface area contributed by atoms with E-state index >= 15 is 0 Å². The lowest BCUT2D eigenvalue weighted by Gasteiger charge is -2.19. The number of rotatable bonds is 11. The molecule has 2 N–H and O–H groups in total. The van der Waals surface area contributed by atoms with Gasteiger partial charge in [-0.15, -0.1) is 0 Å². The number of allylic oxidation sites excluding steroid dienone is 2. The second-order valence-electron chi connectivity index (χ2n) is 8.93. The molecule has 1 fully saturated rings. The average molecular weight is 400 g/mol. The second-order valence-corrected chi connectivity index (χ2v) is 8.93. The van der Waals surface area contributed by atoms with E-state index in [-0.39, 0.29) is 18.6 Å². The molecule has 160 valence electrons. The van der Waals surface area contributed by atoms with E-state index < -0.39 is 6.10 Å². The van der Waals surface area contributed by atoms with Crippen LogP contribution in [0.15, 0.2) is 54.1 Å². The lowest BCUT2D eigenvalue weighted by atomic mass is 9.88. The summed E-state index contributed by atoms with van der Waals surface area (Å²) in [6.07, 6.45) is 12.3. The molecule has 0 unspecified atom stereocenters. The van der Waals surface area contributed by atoms with Gasteiger partial charge in [-0.05, 0) is 76.7 Å². The Morgan fingerprint density at radius 3 is 2.72 bits per heavy atom. The number of hydrogen-bond donors (Lipinski definition) is 2. The van der Waals surface area contributed by atoms with E-state index in [1.54, 1.807) is 11.6 Å². The minimum Gasteiger partial charge on any atom is -0.491 e. The highest BCUT2D eigenvalue weighted by atomic mass is 16.5. The van der Waals surface area contributed by atoms with Gasteiger partial charge in [-0.2, -0.15) is 0 Å². The normalized spacial score (nSPS) is 27.4. The largest absolute Gasteiger partial charge is 0.491 e. The molecule has 0 radical (unpaired) electrons. The first-order chi connectivity index (χ1) is 14.0. The molecular weight excluding hydrogens is 362 g/mol. The van der Waals surface area contributed by atoms with E-state index in [2.05, 4.69) is 25.1 Å². The van der Waals surface area contributed by atoms with Crippen LogP contribution in [0.1, 0.15) is 38.5 Å². The molecule has 0 heterocycles. The molecule has 0 spiro atoms. The van der Waals surface area contributed by atoms with E-state index in [4.69, 9.17) is 4.74 Å². The summed E-state index contributed by atoms with van der Waals surface area (Å²) in [7, 11) is 4.26. The van der Waals surface area contributed by atoms with Gasteiger partial charge in [0.05, 0.1) is 6.10 Å². The Morgan fingerprint density at radius 2 is 1.97 bits per heavy atom. The van der Waals surface area contributed by atoms with Gasteiger partial charge in [0.25, 0.3) is 0 Å². The van der Waals surface area contributed by atoms with E-state index in [1.165, 1.54) is 32.2 Å². The Hall–Kier alpha value is -1.62. The van der Waals surface area contributed by atoms with Crippen LogP contribution in [0.5, 0.6) is 5.75 Å². The van der Waals surface area contributed by atoms with Crippen molar-refractivity contribution in [3.63, 3.8) is 0 Å². The molecule has 4 nitrogen and oxygen atoms in total. The molecule has 3 rings (SSSR count). The summed E-state index contributed by atoms with van der Waals surface area (Å²) in [4.78, 5) is 2.25. The number of aliphatic hydroxyl groups excluding tert-OH is 2. The van der Waals surface area contributed by atoms with Gasteiger partial charge in [0.15, 0.2) is 0 Å². The highest BCUT2D eigenvalue weighted by Gasteiger charge is 2.43. The Balaban J connectivity index is 1.42. The highest BCUT2D eigenvalue weighted by molar-refractivity contribution is 5.22. The molecule has 4 heteroatoms. The fourth-order valence-electron chi connectivity index (χ4n) is 4.76. The average Bonchev–Trinajstić information content (AvgIpc) is 3.21. The maximum Gasteiger partial charge on any atom is 0.119 e. The predicted molar refractivity (Wildman–Crippen MR) is 118 cm³/mol. The van der Waals surface area contributed by atoms with Crippen molar-refractivity contribution >= 4 is 0 Å². The minimum absolute atomic E-state index is 0.133. The highest BCUT2D eigenvalue weighted by Crippen LogP contribution is 2.48. The van der Waals surface area contributed by atoms with Crippen molar-refractivity contribution in [3.8, 4) is 5.75 Å². The molecule has 1 saturated carbocycles. The van der Waals surface area contributed by atoms with Crippen LogP contribution < -0.4 is 4.74 Å². The van der Waals surface area contributed by atoms with E-state index in [9.17, 15) is 10.2 Å². The van der Waals surface area contributed by atoms with E-state index in [0.29, 0.717) is 11.8 Å². The molecule has 2 aliphatic rings. The van der Waals surface area contributed by atoms with Crippen LogP contribution in [0.3, 0.4) is 0 Å². The van der Waals surface area contributed by atoms with Crippen LogP contribution in [0.4, 0.5) is 0 Å². The number of ether oxygens (including phenoxy) is 1. The first-order valence-corrected chi connectivity index (χ1v) is 11.1. The first-order valence-electron chi connectivity index (χ1n) is 11.1. The summed E-state index contributed by atoms with van der Waals surface area (Å²) in [6.45, 7) is 1.40. The molecule has 0 amide bonds. The molecule has 2 aliphatic carbocycles. The van der Waals surface area contributed by atoms with Crippen molar-refractivity contribution in [2.45, 2.75) is 50.7 Å². The van der Waals surface area contributed by atoms with E-state index in [0.717, 1.165) is 18.6 Å². The van der Waals surface area contributed by atoms with Crippen molar-refractivity contribution in [2.24, 2.45) is 17.8 Å². The molecule has 0 bridgehead atoms. The number of hydrogen-bond acceptors (Lipinski definition) is 4. The molecule has 1 aromatic rings. The molecule has 0 saturated heterocycles. The Morgan fingerprint density at radius 1 is 1.17 bits per heavy atom. The van der Waals surface area contributed by atoms with Gasteiger partial charge in [0.2, 0.25) is 0 Å². The third kappa shape index (κ3) is 6.70. The zero-order valence-corrected chi connectivity index (χ0v) is 17.9. The smallest absolute Gasteiger partial charge is 0.119 e. The number of unbranched alkanes of at least 4 members (excludes halogenated alkanes) is 2. The minimum atomic E-state index is -0.660. The zero-order chi connectivity index (χ0) is 20.6. The Bertz CT molecular complexity index is 670. The zero-order valence-electron chi connectivity index (χ0n) is 17.9. The second kappa shape index (κ2) is 11.0. The van der Waals surface area contributed by atoms with Gasteiger partial charge in [0, 0.05) is 5.92 Å². The van der Waals surface area contributed by atoms with Crippen molar-refractivity contribution in [2.75, 3.05) is 27.2 Å². The standard InChI is InChI=1S/C25H37NO3/c1-26(2)14-8-4-5-9-19-15-20-17-25(28)23(24(20)16-19)13-12-21(27)18-29-22-10-6-3-7-11-22/h3,6-7,10-13,15,20-21,23-25,27-28H,4-5,8-9,14,16-18H2,1-2H3/b13-12+/t20-,21+,23+,24-,25+/m0/s1. The van der Waals surface area contributed by atoms with Crippen molar-refractivity contribution in [3.05, 3.63) is 54.1 Å². The number of nitrogens with zero attached hydrogens (tertiary/aromatic N) is 1. The van der Waals surface area contributed by atoms with Gasteiger partial charge in [-0.3, -0.25) is 0 Å². The lowest BCUT2D eigenvalue weighted by Crippen LogP contribution is -2.19. The summed E-state index contributed by atoms with van der Waals surface area (Å²) in [5.74, 6) is 1.87. The van der Waals surface area contributed by atoms with Gasteiger partial charge >= 0.3 is 0 Å². The van der Waals surface area contributed by atoms with Crippen molar-refractivity contribution < 1.29 is 14.9 Å². The third-order valence-electron chi connectivity index (χ3n) is 6.27. The van der Waals surface area contributed by atoms with Crippen molar-refractivity contribution in [1.82, 2.24) is 4.90 Å². The third-order valence-corrected chi connectivity index (χ3v) is 6.27. The number of aliphatic hydroxyl groups is 2. The molecule has 5 atom stereocenters. The van der Waals surface area contributed by atoms with Crippen LogP contribution in [-0.4, -0.2) is 54.6 Å². The van der Waals surface area contributed by atoms with Crippen molar-refractivity contribution in [1.29, 1.82) is 0 Å². The fraction of sp³-hybridized carbons (Fsp3) is 0.600. The molecule has 0 aromatic heterocycles. The predicted octanol–water partition coefficient (Wildman–Crippen LogP) is 4.05. The van der Waals surface area contributed by atoms with Crippen LogP contribution in [0.25, 0.3) is 0 Å². The maximum absolute atomic E-state index is 10.5. The summed E-state index contributed by atoms with van der Waals surface area (Å²) < 4.78 is 5.62. The lowest BCUT2D eigenvalue weighted by molar-refractivity contribution is 0.133. The summed E-state index contributed by atoms with van der Waals surface area (Å²) in [6, 6.07) is 9.54. The Labute approximate surface area is 175 Å². The quantitative estimate of drug-likeness (QED) is 0.435. The molecule has 0 aliphatic heterocycles. The van der Waals surface area contributed by atoms with Gasteiger partial charge in [-0.25, -0.2) is 0 Å². The maximum atomic E-state index is 10.5. The summed E-state index contributed by atoms with van der Waals surface area (Å²) >= 11 is 0. The number of benzene rings is 1. The van der Waals surface area contributed by atoms with Gasteiger partial charge in [-0.1, -0.05) is 48.4 Å². The molecular formula is C25H37NO3. The summed E-state index contributed by atoms with van der Waals surface area (Å²) in [5, 5.41) is 20.7. The first kappa shape index (κ1) is 22.1. The van der Waals surface area contributed by atoms with Crippen LogP contribution >= 0.6 is 0 Å². The Kier molecular flexibility index (Phi) is 8.34. The molecule has 29 heavy (non-hydrogen) atoms. The van der Waals surface area contributed by atoms with Gasteiger partial charge in [0.1, 0.15) is 18.5 Å². The van der Waals surface area contributed by atoms with E-state index in [1.807, 2.05) is 36.4 Å². The topological polar surface area (TPSA) is 52.9 Å². The van der Waals surface area contributed by atoms with Crippen LogP contribution in [-0.2, 0) is 0 Å². The van der Waals surface area contributed by atoms with Gasteiger partial charge < -0.3 is 19.8 Å². The molecule has 1 aromatic carbocycles. The summed E-state index contributed by atoms with van der Waals surface area (Å²) in [5.41, 5.74) is 1.57.